The maximum absolute atomic E-state index is 5.28. The molecule has 0 amide bonds. The number of nitrogens with zero attached hydrogens (tertiary/aromatic N) is 5. The fraction of sp³-hybridized carbons (Fsp3) is 0.200. The van der Waals surface area contributed by atoms with Crippen LogP contribution in [0.25, 0.3) is 11.2 Å². The van der Waals surface area contributed by atoms with Crippen LogP contribution < -0.4 is 0 Å². The van der Waals surface area contributed by atoms with Crippen LogP contribution in [0.15, 0.2) is 24.7 Å². The Morgan fingerprint density at radius 1 is 1.47 bits per heavy atom. The summed E-state index contributed by atoms with van der Waals surface area (Å²) < 4.78 is 4.42. The van der Waals surface area contributed by atoms with E-state index in [1.165, 1.54) is 0 Å². The second-order valence-electron chi connectivity index (χ2n) is 3.75. The number of aryl methyl sites for hydroxylation is 1. The topological polar surface area (TPSA) is 64.3 Å². The van der Waals surface area contributed by atoms with Crippen molar-refractivity contribution < 1.29 is 0 Å². The number of hydrogen-bond donors (Lipinski definition) is 1. The van der Waals surface area contributed by atoms with Gasteiger partial charge in [-0.3, -0.25) is 4.57 Å². The smallest absolute Gasteiger partial charge is 0.179 e. The predicted octanol–water partition coefficient (Wildman–Crippen LogP) is 1.27. The van der Waals surface area contributed by atoms with Gasteiger partial charge >= 0.3 is 0 Å². The van der Waals surface area contributed by atoms with Crippen LogP contribution in [0, 0.1) is 4.77 Å². The second kappa shape index (κ2) is 3.77. The van der Waals surface area contributed by atoms with Crippen LogP contribution in [-0.4, -0.2) is 29.3 Å². The molecular formula is C10H10N6S. The molecule has 0 radical (unpaired) electrons. The van der Waals surface area contributed by atoms with Gasteiger partial charge in [0.05, 0.1) is 12.1 Å². The molecule has 86 valence electrons. The highest BCUT2D eigenvalue weighted by molar-refractivity contribution is 7.71. The lowest BCUT2D eigenvalue weighted by atomic mass is 10.4. The number of hydrogen-bond acceptors (Lipinski definition) is 4. The van der Waals surface area contributed by atoms with E-state index in [-0.39, 0.29) is 0 Å². The van der Waals surface area contributed by atoms with Crippen LogP contribution in [0.4, 0.5) is 0 Å². The third-order valence-corrected chi connectivity index (χ3v) is 2.96. The zero-order valence-corrected chi connectivity index (χ0v) is 9.98. The van der Waals surface area contributed by atoms with E-state index in [0.29, 0.717) is 11.3 Å². The zero-order valence-electron chi connectivity index (χ0n) is 9.16. The number of pyridine rings is 1. The Morgan fingerprint density at radius 3 is 3.12 bits per heavy atom. The summed E-state index contributed by atoms with van der Waals surface area (Å²) in [5.74, 6) is 0.840. The predicted molar refractivity (Wildman–Crippen MR) is 65.0 cm³/mol. The Bertz CT molecular complexity index is 722. The monoisotopic (exact) mass is 246 g/mol. The summed E-state index contributed by atoms with van der Waals surface area (Å²) in [5.41, 5.74) is 1.76. The maximum Gasteiger partial charge on any atom is 0.179 e. The summed E-state index contributed by atoms with van der Waals surface area (Å²) in [6.07, 6.45) is 3.42. The summed E-state index contributed by atoms with van der Waals surface area (Å²) >= 11 is 5.28. The van der Waals surface area contributed by atoms with E-state index in [1.807, 2.05) is 28.3 Å². The van der Waals surface area contributed by atoms with Crippen LogP contribution in [0.3, 0.4) is 0 Å². The first-order valence-corrected chi connectivity index (χ1v) is 5.53. The van der Waals surface area contributed by atoms with E-state index in [4.69, 9.17) is 12.2 Å². The highest BCUT2D eigenvalue weighted by atomic mass is 32.1. The Kier molecular flexibility index (Phi) is 2.25. The van der Waals surface area contributed by atoms with Crippen molar-refractivity contribution in [2.75, 3.05) is 0 Å². The molecular weight excluding hydrogens is 236 g/mol. The minimum absolute atomic E-state index is 0.562. The van der Waals surface area contributed by atoms with Gasteiger partial charge in [-0.2, -0.15) is 0 Å². The van der Waals surface area contributed by atoms with Crippen LogP contribution in [0.2, 0.25) is 0 Å². The number of fused-ring (bicyclic) bond motifs is 1. The van der Waals surface area contributed by atoms with Crippen molar-refractivity contribution in [3.05, 3.63) is 35.3 Å². The Balaban J connectivity index is 2.15. The minimum atomic E-state index is 0.562. The van der Waals surface area contributed by atoms with E-state index in [2.05, 4.69) is 20.2 Å². The van der Waals surface area contributed by atoms with Gasteiger partial charge in [-0.25, -0.2) is 4.98 Å². The number of nitrogens with one attached hydrogen (secondary N) is 1. The molecule has 0 saturated carbocycles. The van der Waals surface area contributed by atoms with E-state index in [9.17, 15) is 0 Å². The lowest BCUT2D eigenvalue weighted by molar-refractivity contribution is 0.700. The summed E-state index contributed by atoms with van der Waals surface area (Å²) in [7, 11) is 1.90. The quantitative estimate of drug-likeness (QED) is 0.692. The lowest BCUT2D eigenvalue weighted by Gasteiger charge is -2.02. The molecule has 7 heteroatoms. The maximum atomic E-state index is 5.28. The van der Waals surface area contributed by atoms with Gasteiger partial charge in [0.2, 0.25) is 0 Å². The second-order valence-corrected chi connectivity index (χ2v) is 4.14. The largest absolute Gasteiger partial charge is 0.329 e. The molecule has 17 heavy (non-hydrogen) atoms. The van der Waals surface area contributed by atoms with Gasteiger partial charge in [-0.1, -0.05) is 0 Å². The van der Waals surface area contributed by atoms with Crippen molar-refractivity contribution in [2.45, 2.75) is 6.54 Å². The SMILES string of the molecule is Cn1cnnc1Cn1c(=S)[nH]c2cccnc21. The minimum Gasteiger partial charge on any atom is -0.329 e. The number of H-pyrrole nitrogens is 1. The molecule has 0 aliphatic carbocycles. The standard InChI is InChI=1S/C10H10N6S/c1-15-6-12-14-8(15)5-16-9-7(13-10(16)17)3-2-4-11-9/h2-4,6H,5H2,1H3,(H,13,17). The molecule has 0 bridgehead atoms. The lowest BCUT2D eigenvalue weighted by Crippen LogP contribution is -2.06. The van der Waals surface area contributed by atoms with Crippen LogP contribution in [-0.2, 0) is 13.6 Å². The number of aromatic amines is 1. The molecule has 6 nitrogen and oxygen atoms in total. The first-order valence-electron chi connectivity index (χ1n) is 5.12. The number of imidazole rings is 1. The van der Waals surface area contributed by atoms with Gasteiger partial charge in [-0.15, -0.1) is 10.2 Å². The fourth-order valence-electron chi connectivity index (χ4n) is 1.73. The molecule has 3 aromatic rings. The summed E-state index contributed by atoms with van der Waals surface area (Å²) in [6.45, 7) is 0.562. The van der Waals surface area contributed by atoms with Crippen LogP contribution >= 0.6 is 12.2 Å². The van der Waals surface area contributed by atoms with E-state index < -0.39 is 0 Å². The molecule has 0 fully saturated rings. The van der Waals surface area contributed by atoms with Crippen molar-refractivity contribution in [2.24, 2.45) is 7.05 Å². The molecule has 0 aromatic carbocycles. The van der Waals surface area contributed by atoms with Crippen LogP contribution in [0.5, 0.6) is 0 Å². The summed E-state index contributed by atoms with van der Waals surface area (Å²) in [6, 6.07) is 3.82. The number of rotatable bonds is 2. The van der Waals surface area contributed by atoms with Gasteiger partial charge in [-0.05, 0) is 24.4 Å². The number of aromatic nitrogens is 6. The third-order valence-electron chi connectivity index (χ3n) is 2.63. The Labute approximate surface area is 102 Å². The average Bonchev–Trinajstić information content (AvgIpc) is 2.85. The van der Waals surface area contributed by atoms with Crippen molar-refractivity contribution in [1.82, 2.24) is 29.3 Å². The molecule has 0 unspecified atom stereocenters. The zero-order chi connectivity index (χ0) is 11.8. The Hall–Kier alpha value is -2.02. The van der Waals surface area contributed by atoms with Gasteiger partial charge < -0.3 is 9.55 Å². The van der Waals surface area contributed by atoms with Crippen LogP contribution in [0.1, 0.15) is 5.82 Å². The summed E-state index contributed by atoms with van der Waals surface area (Å²) in [4.78, 5) is 7.44. The molecule has 0 saturated heterocycles. The van der Waals surface area contributed by atoms with Gasteiger partial charge in [0.1, 0.15) is 6.33 Å². The summed E-state index contributed by atoms with van der Waals surface area (Å²) in [5, 5.41) is 7.89. The molecule has 1 N–H and O–H groups in total. The fourth-order valence-corrected chi connectivity index (χ4v) is 1.99. The average molecular weight is 246 g/mol. The molecule has 3 heterocycles. The highest BCUT2D eigenvalue weighted by Crippen LogP contribution is 2.11. The molecule has 0 spiro atoms. The first-order chi connectivity index (χ1) is 8.25. The molecule has 0 aliphatic rings. The molecule has 0 aliphatic heterocycles. The van der Waals surface area contributed by atoms with Crippen molar-refractivity contribution in [3.8, 4) is 0 Å². The van der Waals surface area contributed by atoms with Gasteiger partial charge in [0.15, 0.2) is 16.2 Å². The Morgan fingerprint density at radius 2 is 2.35 bits per heavy atom. The first kappa shape index (κ1) is 10.2. The van der Waals surface area contributed by atoms with E-state index >= 15 is 0 Å². The van der Waals surface area contributed by atoms with Crippen molar-refractivity contribution >= 4 is 23.4 Å². The van der Waals surface area contributed by atoms with Crippen molar-refractivity contribution in [1.29, 1.82) is 0 Å². The van der Waals surface area contributed by atoms with E-state index in [1.54, 1.807) is 12.5 Å². The molecule has 3 aromatic heterocycles. The normalized spacial score (nSPS) is 11.1. The van der Waals surface area contributed by atoms with E-state index in [0.717, 1.165) is 17.0 Å². The van der Waals surface area contributed by atoms with Gasteiger partial charge in [0.25, 0.3) is 0 Å². The van der Waals surface area contributed by atoms with Gasteiger partial charge in [0, 0.05) is 13.2 Å². The highest BCUT2D eigenvalue weighted by Gasteiger charge is 2.08. The third kappa shape index (κ3) is 1.64. The molecule has 0 atom stereocenters. The van der Waals surface area contributed by atoms with Crippen molar-refractivity contribution in [3.63, 3.8) is 0 Å². The molecule has 3 rings (SSSR count).